The molecule has 23 heavy (non-hydrogen) atoms. The van der Waals surface area contributed by atoms with Crippen molar-refractivity contribution in [1.82, 2.24) is 24.9 Å². The molecule has 116 valence electrons. The molecule has 1 aromatic carbocycles. The monoisotopic (exact) mass is 307 g/mol. The molecule has 0 aliphatic carbocycles. The first-order valence-corrected chi connectivity index (χ1v) is 7.64. The average molecular weight is 307 g/mol. The molecule has 1 saturated heterocycles. The van der Waals surface area contributed by atoms with E-state index in [4.69, 9.17) is 0 Å². The number of anilines is 2. The first kappa shape index (κ1) is 13.7. The van der Waals surface area contributed by atoms with Crippen molar-refractivity contribution in [3.8, 4) is 11.4 Å². The molecular formula is C16H17N7. The van der Waals surface area contributed by atoms with Gasteiger partial charge in [-0.15, -0.1) is 0 Å². The van der Waals surface area contributed by atoms with Crippen molar-refractivity contribution in [2.45, 2.75) is 0 Å². The molecule has 1 aliphatic heterocycles. The van der Waals surface area contributed by atoms with Gasteiger partial charge in [-0.25, -0.2) is 15.0 Å². The van der Waals surface area contributed by atoms with Crippen molar-refractivity contribution in [1.29, 1.82) is 0 Å². The number of piperazine rings is 1. The van der Waals surface area contributed by atoms with E-state index in [0.717, 1.165) is 43.6 Å². The second-order valence-corrected chi connectivity index (χ2v) is 5.36. The standard InChI is InChI=1S/C16H17N7/c1-2-4-13(5-3-1)14-19-12-20-16(21-14)23-10-8-22(9-11-23)15-17-6-7-18-15/h1-7,12H,8-11H2,(H,17,18). The molecule has 2 aromatic heterocycles. The third kappa shape index (κ3) is 2.85. The Morgan fingerprint density at radius 1 is 0.870 bits per heavy atom. The van der Waals surface area contributed by atoms with Gasteiger partial charge in [-0.2, -0.15) is 4.98 Å². The summed E-state index contributed by atoms with van der Waals surface area (Å²) in [6.07, 6.45) is 5.21. The maximum atomic E-state index is 4.62. The fraction of sp³-hybridized carbons (Fsp3) is 0.250. The highest BCUT2D eigenvalue weighted by atomic mass is 15.4. The lowest BCUT2D eigenvalue weighted by Crippen LogP contribution is -2.47. The summed E-state index contributed by atoms with van der Waals surface area (Å²) in [6, 6.07) is 9.98. The van der Waals surface area contributed by atoms with Crippen molar-refractivity contribution in [2.75, 3.05) is 36.0 Å². The van der Waals surface area contributed by atoms with Crippen LogP contribution in [0.5, 0.6) is 0 Å². The predicted octanol–water partition coefficient (Wildman–Crippen LogP) is 1.59. The third-order valence-corrected chi connectivity index (χ3v) is 3.94. The van der Waals surface area contributed by atoms with Gasteiger partial charge in [-0.1, -0.05) is 30.3 Å². The molecule has 4 rings (SSSR count). The first-order valence-electron chi connectivity index (χ1n) is 7.64. The van der Waals surface area contributed by atoms with Gasteiger partial charge in [0.15, 0.2) is 5.82 Å². The van der Waals surface area contributed by atoms with E-state index in [9.17, 15) is 0 Å². The Morgan fingerprint density at radius 3 is 2.39 bits per heavy atom. The fourth-order valence-corrected chi connectivity index (χ4v) is 2.71. The van der Waals surface area contributed by atoms with Gasteiger partial charge in [-0.05, 0) is 0 Å². The molecule has 1 fully saturated rings. The summed E-state index contributed by atoms with van der Waals surface area (Å²) in [5.41, 5.74) is 1.00. The van der Waals surface area contributed by atoms with Crippen LogP contribution in [-0.4, -0.2) is 51.1 Å². The van der Waals surface area contributed by atoms with Crippen molar-refractivity contribution in [3.05, 3.63) is 49.1 Å². The summed E-state index contributed by atoms with van der Waals surface area (Å²) in [7, 11) is 0. The van der Waals surface area contributed by atoms with E-state index in [0.29, 0.717) is 5.82 Å². The quantitative estimate of drug-likeness (QED) is 0.792. The van der Waals surface area contributed by atoms with Crippen molar-refractivity contribution >= 4 is 11.9 Å². The summed E-state index contributed by atoms with van der Waals surface area (Å²) in [4.78, 5) is 25.1. The first-order chi connectivity index (χ1) is 11.4. The third-order valence-electron chi connectivity index (χ3n) is 3.94. The van der Waals surface area contributed by atoms with Crippen molar-refractivity contribution < 1.29 is 0 Å². The number of hydrogen-bond donors (Lipinski definition) is 1. The Labute approximate surface area is 134 Å². The van der Waals surface area contributed by atoms with Gasteiger partial charge in [0.1, 0.15) is 6.33 Å². The molecule has 1 aliphatic rings. The number of nitrogens with zero attached hydrogens (tertiary/aromatic N) is 6. The molecule has 0 unspecified atom stereocenters. The molecule has 3 heterocycles. The molecule has 0 bridgehead atoms. The van der Waals surface area contributed by atoms with Crippen LogP contribution in [0.1, 0.15) is 0 Å². The normalized spacial score (nSPS) is 15.0. The van der Waals surface area contributed by atoms with Crippen LogP contribution >= 0.6 is 0 Å². The number of aromatic amines is 1. The van der Waals surface area contributed by atoms with Crippen LogP contribution in [0.3, 0.4) is 0 Å². The molecule has 1 N–H and O–H groups in total. The van der Waals surface area contributed by atoms with Gasteiger partial charge < -0.3 is 14.8 Å². The van der Waals surface area contributed by atoms with Gasteiger partial charge in [0.25, 0.3) is 0 Å². The maximum absolute atomic E-state index is 4.62. The number of hydrogen-bond acceptors (Lipinski definition) is 6. The van der Waals surface area contributed by atoms with Crippen LogP contribution in [0.2, 0.25) is 0 Å². The van der Waals surface area contributed by atoms with E-state index in [1.165, 1.54) is 0 Å². The van der Waals surface area contributed by atoms with Crippen LogP contribution in [0.25, 0.3) is 11.4 Å². The molecule has 0 spiro atoms. The summed E-state index contributed by atoms with van der Waals surface area (Å²) < 4.78 is 0. The number of H-pyrrole nitrogens is 1. The average Bonchev–Trinajstić information content (AvgIpc) is 3.17. The van der Waals surface area contributed by atoms with E-state index in [2.05, 4.69) is 34.7 Å². The lowest BCUT2D eigenvalue weighted by atomic mass is 10.2. The molecule has 0 atom stereocenters. The highest BCUT2D eigenvalue weighted by Crippen LogP contribution is 2.18. The zero-order valence-electron chi connectivity index (χ0n) is 12.6. The minimum atomic E-state index is 0.712. The summed E-state index contributed by atoms with van der Waals surface area (Å²) in [5, 5.41) is 0. The van der Waals surface area contributed by atoms with E-state index >= 15 is 0 Å². The lowest BCUT2D eigenvalue weighted by molar-refractivity contribution is 0.629. The van der Waals surface area contributed by atoms with Crippen molar-refractivity contribution in [2.24, 2.45) is 0 Å². The number of benzene rings is 1. The van der Waals surface area contributed by atoms with Gasteiger partial charge in [0.2, 0.25) is 11.9 Å². The van der Waals surface area contributed by atoms with Gasteiger partial charge >= 0.3 is 0 Å². The zero-order chi connectivity index (χ0) is 15.5. The minimum Gasteiger partial charge on any atom is -0.339 e. The number of nitrogens with one attached hydrogen (secondary N) is 1. The Balaban J connectivity index is 1.49. The summed E-state index contributed by atoms with van der Waals surface area (Å²) >= 11 is 0. The van der Waals surface area contributed by atoms with Crippen molar-refractivity contribution in [3.63, 3.8) is 0 Å². The van der Waals surface area contributed by atoms with E-state index in [1.54, 1.807) is 12.5 Å². The molecule has 3 aromatic rings. The lowest BCUT2D eigenvalue weighted by Gasteiger charge is -2.34. The molecule has 7 heteroatoms. The Bertz CT molecular complexity index is 749. The smallest absolute Gasteiger partial charge is 0.229 e. The SMILES string of the molecule is c1ccc(-c2ncnc(N3CCN(c4ncc[nH]4)CC3)n2)cc1. The second kappa shape index (κ2) is 6.04. The van der Waals surface area contributed by atoms with Gasteiger partial charge in [0, 0.05) is 44.1 Å². The summed E-state index contributed by atoms with van der Waals surface area (Å²) in [6.45, 7) is 3.50. The minimum absolute atomic E-state index is 0.712. The van der Waals surface area contributed by atoms with E-state index in [-0.39, 0.29) is 0 Å². The number of rotatable bonds is 3. The van der Waals surface area contributed by atoms with Gasteiger partial charge in [-0.3, -0.25) is 0 Å². The zero-order valence-corrected chi connectivity index (χ0v) is 12.6. The van der Waals surface area contributed by atoms with Crippen LogP contribution in [0.4, 0.5) is 11.9 Å². The topological polar surface area (TPSA) is 73.8 Å². The van der Waals surface area contributed by atoms with Crippen LogP contribution in [0.15, 0.2) is 49.1 Å². The molecule has 0 radical (unpaired) electrons. The summed E-state index contributed by atoms with van der Waals surface area (Å²) in [5.74, 6) is 2.37. The molecule has 7 nitrogen and oxygen atoms in total. The Morgan fingerprint density at radius 2 is 1.65 bits per heavy atom. The van der Waals surface area contributed by atoms with E-state index in [1.807, 2.05) is 36.5 Å². The molecule has 0 saturated carbocycles. The Kier molecular flexibility index (Phi) is 3.59. The number of imidazole rings is 1. The van der Waals surface area contributed by atoms with Crippen LogP contribution in [-0.2, 0) is 0 Å². The van der Waals surface area contributed by atoms with Crippen LogP contribution < -0.4 is 9.80 Å². The highest BCUT2D eigenvalue weighted by molar-refractivity contribution is 5.55. The van der Waals surface area contributed by atoms with Gasteiger partial charge in [0.05, 0.1) is 0 Å². The van der Waals surface area contributed by atoms with Crippen LogP contribution in [0, 0.1) is 0 Å². The predicted molar refractivity (Wildman–Crippen MR) is 88.3 cm³/mol. The fourth-order valence-electron chi connectivity index (χ4n) is 2.71. The highest BCUT2D eigenvalue weighted by Gasteiger charge is 2.20. The molecular weight excluding hydrogens is 290 g/mol. The second-order valence-electron chi connectivity index (χ2n) is 5.36. The molecule has 0 amide bonds. The maximum Gasteiger partial charge on any atom is 0.229 e. The Hall–Kier alpha value is -2.96. The largest absolute Gasteiger partial charge is 0.339 e. The van der Waals surface area contributed by atoms with E-state index < -0.39 is 0 Å². The number of aromatic nitrogens is 5.